The van der Waals surface area contributed by atoms with Crippen molar-refractivity contribution >= 4 is 23.5 Å². The summed E-state index contributed by atoms with van der Waals surface area (Å²) in [6.07, 6.45) is -1.02. The molecular formula is C18H23N3O5. The van der Waals surface area contributed by atoms with Gasteiger partial charge in [-0.05, 0) is 18.9 Å². The Kier molecular flexibility index (Phi) is 5.76. The highest BCUT2D eigenvalue weighted by Crippen LogP contribution is 2.29. The number of rotatable bonds is 7. The molecule has 0 spiro atoms. The van der Waals surface area contributed by atoms with Crippen molar-refractivity contribution in [2.45, 2.75) is 37.3 Å². The van der Waals surface area contributed by atoms with Crippen LogP contribution in [0.15, 0.2) is 30.3 Å². The van der Waals surface area contributed by atoms with Crippen LogP contribution in [0.2, 0.25) is 0 Å². The van der Waals surface area contributed by atoms with Gasteiger partial charge in [0.15, 0.2) is 11.9 Å². The molecule has 1 aliphatic rings. The van der Waals surface area contributed by atoms with Gasteiger partial charge < -0.3 is 21.1 Å². The van der Waals surface area contributed by atoms with Gasteiger partial charge in [-0.3, -0.25) is 19.2 Å². The average Bonchev–Trinajstić information content (AvgIpc) is 3.01. The summed E-state index contributed by atoms with van der Waals surface area (Å²) in [5.74, 6) is -2.13. The normalized spacial score (nSPS) is 21.8. The number of carbonyl (C=O) groups excluding carboxylic acids is 4. The highest BCUT2D eigenvalue weighted by molar-refractivity contribution is 5.98. The van der Waals surface area contributed by atoms with Crippen LogP contribution >= 0.6 is 0 Å². The number of nitrogens with two attached hydrogens (primary N) is 2. The van der Waals surface area contributed by atoms with Gasteiger partial charge in [-0.1, -0.05) is 30.3 Å². The molecule has 1 fully saturated rings. The van der Waals surface area contributed by atoms with E-state index >= 15 is 0 Å². The van der Waals surface area contributed by atoms with Crippen molar-refractivity contribution in [3.63, 3.8) is 0 Å². The summed E-state index contributed by atoms with van der Waals surface area (Å²) in [6.45, 7) is 1.41. The molecule has 0 aliphatic carbocycles. The third-order valence-corrected chi connectivity index (χ3v) is 4.91. The maximum atomic E-state index is 12.6. The van der Waals surface area contributed by atoms with E-state index in [0.29, 0.717) is 5.56 Å². The molecule has 4 N–H and O–H groups in total. The summed E-state index contributed by atoms with van der Waals surface area (Å²) in [5.41, 5.74) is 10.5. The molecule has 0 aromatic heterocycles. The summed E-state index contributed by atoms with van der Waals surface area (Å²) >= 11 is 0. The van der Waals surface area contributed by atoms with Gasteiger partial charge in [0.05, 0.1) is 5.41 Å². The molecule has 8 heteroatoms. The lowest BCUT2D eigenvalue weighted by molar-refractivity contribution is -0.140. The Morgan fingerprint density at radius 1 is 1.23 bits per heavy atom. The standard InChI is InChI=1S/C18H23N3O5/c1-18(17(20)25,11-6-4-3-5-7-11)9-8-13(23)21(2)14-12(22)10-26-15(14)16(19)24/h3-7,14-15H,8-10H2,1-2H3,(H2,19,24)(H2,20,25)/t14?,15-,18?/m0/s1. The number of primary amides is 2. The molecule has 1 saturated heterocycles. The zero-order valence-electron chi connectivity index (χ0n) is 14.8. The van der Waals surface area contributed by atoms with Crippen molar-refractivity contribution in [2.24, 2.45) is 11.5 Å². The topological polar surface area (TPSA) is 133 Å². The summed E-state index contributed by atoms with van der Waals surface area (Å²) in [4.78, 5) is 49.1. The van der Waals surface area contributed by atoms with E-state index in [1.807, 2.05) is 6.07 Å². The summed E-state index contributed by atoms with van der Waals surface area (Å²) < 4.78 is 5.07. The van der Waals surface area contributed by atoms with E-state index in [2.05, 4.69) is 0 Å². The van der Waals surface area contributed by atoms with Gasteiger partial charge in [-0.2, -0.15) is 0 Å². The monoisotopic (exact) mass is 361 g/mol. The predicted molar refractivity (Wildman–Crippen MR) is 92.7 cm³/mol. The highest BCUT2D eigenvalue weighted by atomic mass is 16.5. The SMILES string of the molecule is CN(C(=O)CCC(C)(C(N)=O)c1ccccc1)C1C(=O)CO[C@@H]1C(N)=O. The number of hydrogen-bond donors (Lipinski definition) is 2. The fourth-order valence-electron chi connectivity index (χ4n) is 3.08. The number of hydrogen-bond acceptors (Lipinski definition) is 5. The molecule has 8 nitrogen and oxygen atoms in total. The molecule has 26 heavy (non-hydrogen) atoms. The lowest BCUT2D eigenvalue weighted by atomic mass is 9.77. The van der Waals surface area contributed by atoms with Crippen molar-refractivity contribution in [1.29, 1.82) is 0 Å². The van der Waals surface area contributed by atoms with E-state index in [1.54, 1.807) is 31.2 Å². The molecule has 3 atom stereocenters. The first-order valence-electron chi connectivity index (χ1n) is 8.23. The van der Waals surface area contributed by atoms with Crippen LogP contribution < -0.4 is 11.5 Å². The van der Waals surface area contributed by atoms with E-state index in [0.717, 1.165) is 4.90 Å². The zero-order chi connectivity index (χ0) is 19.5. The molecule has 1 aromatic rings. The highest BCUT2D eigenvalue weighted by Gasteiger charge is 2.44. The molecule has 1 aromatic carbocycles. The number of likely N-dealkylation sites (N-methyl/N-ethyl adjacent to an activating group) is 1. The molecule has 2 rings (SSSR count). The molecule has 140 valence electrons. The van der Waals surface area contributed by atoms with Gasteiger partial charge in [0.2, 0.25) is 17.7 Å². The molecule has 0 radical (unpaired) electrons. The van der Waals surface area contributed by atoms with Crippen LogP contribution in [0.4, 0.5) is 0 Å². The zero-order valence-corrected chi connectivity index (χ0v) is 14.8. The maximum Gasteiger partial charge on any atom is 0.249 e. The van der Waals surface area contributed by atoms with Crippen LogP contribution in [0.3, 0.4) is 0 Å². The van der Waals surface area contributed by atoms with E-state index in [4.69, 9.17) is 16.2 Å². The van der Waals surface area contributed by atoms with E-state index < -0.39 is 35.3 Å². The number of benzene rings is 1. The molecule has 3 amide bonds. The Hall–Kier alpha value is -2.74. The van der Waals surface area contributed by atoms with Crippen LogP contribution in [-0.2, 0) is 29.3 Å². The van der Waals surface area contributed by atoms with E-state index in [-0.39, 0.29) is 25.2 Å². The first-order valence-corrected chi connectivity index (χ1v) is 8.23. The van der Waals surface area contributed by atoms with Gasteiger partial charge in [-0.15, -0.1) is 0 Å². The fraction of sp³-hybridized carbons (Fsp3) is 0.444. The molecule has 2 unspecified atom stereocenters. The number of ether oxygens (including phenoxy) is 1. The Balaban J connectivity index is 2.12. The fourth-order valence-corrected chi connectivity index (χ4v) is 3.08. The van der Waals surface area contributed by atoms with Crippen molar-refractivity contribution in [2.75, 3.05) is 13.7 Å². The molecule has 0 bridgehead atoms. The first kappa shape index (κ1) is 19.6. The number of carbonyl (C=O) groups is 4. The smallest absolute Gasteiger partial charge is 0.249 e. The summed E-state index contributed by atoms with van der Waals surface area (Å²) in [5, 5.41) is 0. The van der Waals surface area contributed by atoms with E-state index in [9.17, 15) is 19.2 Å². The summed E-state index contributed by atoms with van der Waals surface area (Å²) in [6, 6.07) is 7.90. The maximum absolute atomic E-state index is 12.6. The second kappa shape index (κ2) is 7.65. The van der Waals surface area contributed by atoms with Gasteiger partial charge in [-0.25, -0.2) is 0 Å². The van der Waals surface area contributed by atoms with Crippen molar-refractivity contribution in [1.82, 2.24) is 4.90 Å². The van der Waals surface area contributed by atoms with Crippen LogP contribution in [0.25, 0.3) is 0 Å². The van der Waals surface area contributed by atoms with E-state index in [1.165, 1.54) is 7.05 Å². The largest absolute Gasteiger partial charge is 0.369 e. The van der Waals surface area contributed by atoms with Crippen molar-refractivity contribution in [3.8, 4) is 0 Å². The van der Waals surface area contributed by atoms with Gasteiger partial charge in [0.25, 0.3) is 0 Å². The first-order chi connectivity index (χ1) is 12.2. The minimum absolute atomic E-state index is 0.0277. The third-order valence-electron chi connectivity index (χ3n) is 4.91. The molecule has 1 heterocycles. The molecule has 1 aliphatic heterocycles. The minimum atomic E-state index is -1.16. The number of nitrogens with zero attached hydrogens (tertiary/aromatic N) is 1. The third kappa shape index (κ3) is 3.75. The number of amides is 3. The Morgan fingerprint density at radius 3 is 2.38 bits per heavy atom. The van der Waals surface area contributed by atoms with Crippen molar-refractivity contribution < 1.29 is 23.9 Å². The molecule has 0 saturated carbocycles. The van der Waals surface area contributed by atoms with Crippen LogP contribution in [0.1, 0.15) is 25.3 Å². The molecular weight excluding hydrogens is 338 g/mol. The minimum Gasteiger partial charge on any atom is -0.369 e. The Bertz CT molecular complexity index is 721. The summed E-state index contributed by atoms with van der Waals surface area (Å²) in [7, 11) is 1.42. The van der Waals surface area contributed by atoms with Crippen LogP contribution in [-0.4, -0.2) is 54.2 Å². The number of Topliss-reactive ketones (excluding diaryl/α,β-unsaturated/α-hetero) is 1. The van der Waals surface area contributed by atoms with Gasteiger partial charge in [0.1, 0.15) is 12.6 Å². The van der Waals surface area contributed by atoms with Crippen LogP contribution in [0.5, 0.6) is 0 Å². The van der Waals surface area contributed by atoms with Crippen molar-refractivity contribution in [3.05, 3.63) is 35.9 Å². The van der Waals surface area contributed by atoms with Crippen LogP contribution in [0, 0.1) is 0 Å². The quantitative estimate of drug-likeness (QED) is 0.675. The van der Waals surface area contributed by atoms with Gasteiger partial charge >= 0.3 is 0 Å². The lowest BCUT2D eigenvalue weighted by Gasteiger charge is -2.29. The second-order valence-electron chi connectivity index (χ2n) is 6.61. The number of ketones is 1. The Labute approximate surface area is 151 Å². The predicted octanol–water partition coefficient (Wildman–Crippen LogP) is -0.510. The Morgan fingerprint density at radius 2 is 1.85 bits per heavy atom. The second-order valence-corrected chi connectivity index (χ2v) is 6.61. The average molecular weight is 361 g/mol. The lowest BCUT2D eigenvalue weighted by Crippen LogP contribution is -2.51. The van der Waals surface area contributed by atoms with Gasteiger partial charge in [0, 0.05) is 13.5 Å².